The minimum atomic E-state index is -0.346. The lowest BCUT2D eigenvalue weighted by Gasteiger charge is -2.03. The zero-order valence-corrected chi connectivity index (χ0v) is 8.15. The summed E-state index contributed by atoms with van der Waals surface area (Å²) in [4.78, 5) is 11.2. The van der Waals surface area contributed by atoms with E-state index in [9.17, 15) is 4.79 Å². The number of fused-ring (bicyclic) bond motifs is 1. The monoisotopic (exact) mass is 192 g/mol. The molecule has 0 fully saturated rings. The van der Waals surface area contributed by atoms with Crippen LogP contribution in [0.2, 0.25) is 0 Å². The molecule has 0 saturated carbocycles. The number of aromatic nitrogens is 1. The summed E-state index contributed by atoms with van der Waals surface area (Å²) >= 11 is 0. The molecule has 0 aliphatic rings. The molecule has 4 heteroatoms. The number of nitrogens with zero attached hydrogens (tertiary/aromatic N) is 1. The first-order chi connectivity index (χ1) is 6.59. The van der Waals surface area contributed by atoms with Crippen molar-refractivity contribution >= 4 is 11.1 Å². The van der Waals surface area contributed by atoms with Crippen molar-refractivity contribution in [3.8, 4) is 0 Å². The summed E-state index contributed by atoms with van der Waals surface area (Å²) in [6.07, 6.45) is 0. The maximum absolute atomic E-state index is 11.2. The molecule has 0 aliphatic carbocycles. The lowest BCUT2D eigenvalue weighted by atomic mass is 10.1. The number of hydrogen-bond acceptors (Lipinski definition) is 3. The summed E-state index contributed by atoms with van der Waals surface area (Å²) < 4.78 is 6.51. The highest BCUT2D eigenvalue weighted by Crippen LogP contribution is 2.17. The minimum absolute atomic E-state index is 0.0510. The number of hydrogen-bond donors (Lipinski definition) is 1. The SMILES string of the molecule is CC(N)c1ccc2c(c1)oc(=O)n2C. The van der Waals surface area contributed by atoms with Crippen molar-refractivity contribution in [2.24, 2.45) is 12.8 Å². The third-order valence-corrected chi connectivity index (χ3v) is 2.34. The van der Waals surface area contributed by atoms with E-state index in [0.29, 0.717) is 5.58 Å². The molecule has 4 nitrogen and oxygen atoms in total. The number of aryl methyl sites for hydroxylation is 1. The van der Waals surface area contributed by atoms with Gasteiger partial charge in [-0.2, -0.15) is 0 Å². The fraction of sp³-hybridized carbons (Fsp3) is 0.300. The maximum atomic E-state index is 11.2. The summed E-state index contributed by atoms with van der Waals surface area (Å²) in [6, 6.07) is 5.51. The van der Waals surface area contributed by atoms with E-state index in [-0.39, 0.29) is 11.8 Å². The first-order valence-electron chi connectivity index (χ1n) is 4.44. The van der Waals surface area contributed by atoms with E-state index in [1.165, 1.54) is 4.57 Å². The zero-order valence-electron chi connectivity index (χ0n) is 8.15. The van der Waals surface area contributed by atoms with Crippen LogP contribution in [0, 0.1) is 0 Å². The molecule has 2 aromatic rings. The fourth-order valence-electron chi connectivity index (χ4n) is 1.43. The molecule has 1 atom stereocenters. The molecule has 1 heterocycles. The van der Waals surface area contributed by atoms with Crippen LogP contribution in [0.25, 0.3) is 11.1 Å². The molecule has 0 amide bonds. The van der Waals surface area contributed by atoms with E-state index in [4.69, 9.17) is 10.2 Å². The average molecular weight is 192 g/mol. The quantitative estimate of drug-likeness (QED) is 0.737. The van der Waals surface area contributed by atoms with Crippen LogP contribution in [-0.2, 0) is 7.05 Å². The van der Waals surface area contributed by atoms with Gasteiger partial charge in [0.15, 0.2) is 5.58 Å². The maximum Gasteiger partial charge on any atom is 0.419 e. The Hall–Kier alpha value is -1.55. The summed E-state index contributed by atoms with van der Waals surface area (Å²) in [5.74, 6) is -0.346. The van der Waals surface area contributed by atoms with Crippen LogP contribution in [0.15, 0.2) is 27.4 Å². The molecule has 2 N–H and O–H groups in total. The molecule has 0 saturated heterocycles. The van der Waals surface area contributed by atoms with Crippen molar-refractivity contribution in [2.75, 3.05) is 0 Å². The molecule has 0 radical (unpaired) electrons. The van der Waals surface area contributed by atoms with Gasteiger partial charge in [-0.15, -0.1) is 0 Å². The van der Waals surface area contributed by atoms with Crippen LogP contribution < -0.4 is 11.5 Å². The van der Waals surface area contributed by atoms with Crippen molar-refractivity contribution in [1.29, 1.82) is 0 Å². The number of rotatable bonds is 1. The van der Waals surface area contributed by atoms with E-state index in [2.05, 4.69) is 0 Å². The normalized spacial score (nSPS) is 13.4. The predicted molar refractivity (Wildman–Crippen MR) is 54.1 cm³/mol. The summed E-state index contributed by atoms with van der Waals surface area (Å²) in [5, 5.41) is 0. The summed E-state index contributed by atoms with van der Waals surface area (Å²) in [6.45, 7) is 1.89. The van der Waals surface area contributed by atoms with Crippen LogP contribution in [0.4, 0.5) is 0 Å². The third kappa shape index (κ3) is 1.24. The van der Waals surface area contributed by atoms with Gasteiger partial charge in [-0.3, -0.25) is 4.57 Å². The minimum Gasteiger partial charge on any atom is -0.408 e. The summed E-state index contributed by atoms with van der Waals surface area (Å²) in [5.41, 5.74) is 8.07. The van der Waals surface area contributed by atoms with Crippen LogP contribution >= 0.6 is 0 Å². The third-order valence-electron chi connectivity index (χ3n) is 2.34. The molecule has 0 bridgehead atoms. The highest BCUT2D eigenvalue weighted by Gasteiger charge is 2.07. The molecule has 14 heavy (non-hydrogen) atoms. The van der Waals surface area contributed by atoms with E-state index < -0.39 is 0 Å². The van der Waals surface area contributed by atoms with Gasteiger partial charge in [0.25, 0.3) is 0 Å². The molecule has 1 aromatic carbocycles. The Bertz CT molecular complexity index is 522. The van der Waals surface area contributed by atoms with Gasteiger partial charge in [0.1, 0.15) is 0 Å². The lowest BCUT2D eigenvalue weighted by Crippen LogP contribution is -2.08. The molecule has 1 unspecified atom stereocenters. The van der Waals surface area contributed by atoms with Gasteiger partial charge in [-0.25, -0.2) is 4.79 Å². The average Bonchev–Trinajstić information content (AvgIpc) is 2.42. The second kappa shape index (κ2) is 2.99. The first-order valence-corrected chi connectivity index (χ1v) is 4.44. The highest BCUT2D eigenvalue weighted by molar-refractivity contribution is 5.73. The number of oxazole rings is 1. The van der Waals surface area contributed by atoms with Gasteiger partial charge in [-0.1, -0.05) is 6.07 Å². The lowest BCUT2D eigenvalue weighted by molar-refractivity contribution is 0.527. The molecule has 0 aliphatic heterocycles. The molecule has 2 rings (SSSR count). The van der Waals surface area contributed by atoms with Gasteiger partial charge in [-0.05, 0) is 24.6 Å². The van der Waals surface area contributed by atoms with Crippen molar-refractivity contribution < 1.29 is 4.42 Å². The Morgan fingerprint density at radius 1 is 1.50 bits per heavy atom. The van der Waals surface area contributed by atoms with Crippen LogP contribution in [0.1, 0.15) is 18.5 Å². The topological polar surface area (TPSA) is 61.2 Å². The number of nitrogens with two attached hydrogens (primary N) is 1. The van der Waals surface area contributed by atoms with Gasteiger partial charge in [0.2, 0.25) is 0 Å². The van der Waals surface area contributed by atoms with Crippen molar-refractivity contribution in [1.82, 2.24) is 4.57 Å². The summed E-state index contributed by atoms with van der Waals surface area (Å²) in [7, 11) is 1.68. The van der Waals surface area contributed by atoms with E-state index >= 15 is 0 Å². The van der Waals surface area contributed by atoms with Crippen LogP contribution in [0.3, 0.4) is 0 Å². The van der Waals surface area contributed by atoms with Gasteiger partial charge < -0.3 is 10.2 Å². The second-order valence-corrected chi connectivity index (χ2v) is 3.44. The van der Waals surface area contributed by atoms with Gasteiger partial charge in [0.05, 0.1) is 5.52 Å². The van der Waals surface area contributed by atoms with E-state index in [1.807, 2.05) is 19.1 Å². The van der Waals surface area contributed by atoms with Crippen molar-refractivity contribution in [3.63, 3.8) is 0 Å². The standard InChI is InChI=1S/C10H12N2O2/c1-6(11)7-3-4-8-9(5-7)14-10(13)12(8)2/h3-6H,11H2,1-2H3. The smallest absolute Gasteiger partial charge is 0.408 e. The Morgan fingerprint density at radius 2 is 2.21 bits per heavy atom. The van der Waals surface area contributed by atoms with Crippen LogP contribution in [-0.4, -0.2) is 4.57 Å². The molecular formula is C10H12N2O2. The van der Waals surface area contributed by atoms with Crippen molar-refractivity contribution in [3.05, 3.63) is 34.3 Å². The fourth-order valence-corrected chi connectivity index (χ4v) is 1.43. The predicted octanol–water partition coefficient (Wildman–Crippen LogP) is 1.15. The first kappa shape index (κ1) is 9.02. The molecule has 1 aromatic heterocycles. The number of benzene rings is 1. The molecule has 74 valence electrons. The van der Waals surface area contributed by atoms with E-state index in [0.717, 1.165) is 11.1 Å². The second-order valence-electron chi connectivity index (χ2n) is 3.44. The van der Waals surface area contributed by atoms with Gasteiger partial charge in [0, 0.05) is 13.1 Å². The van der Waals surface area contributed by atoms with Crippen molar-refractivity contribution in [2.45, 2.75) is 13.0 Å². The van der Waals surface area contributed by atoms with E-state index in [1.54, 1.807) is 13.1 Å². The Labute approximate surface area is 80.9 Å². The molecular weight excluding hydrogens is 180 g/mol. The highest BCUT2D eigenvalue weighted by atomic mass is 16.4. The Morgan fingerprint density at radius 3 is 2.86 bits per heavy atom. The molecule has 0 spiro atoms. The zero-order chi connectivity index (χ0) is 10.3. The van der Waals surface area contributed by atoms with Gasteiger partial charge >= 0.3 is 5.76 Å². The largest absolute Gasteiger partial charge is 0.419 e. The van der Waals surface area contributed by atoms with Crippen LogP contribution in [0.5, 0.6) is 0 Å². The Balaban J connectivity index is 2.73. The Kier molecular flexibility index (Phi) is 1.93.